The minimum Gasteiger partial charge on any atom is -0.375 e. The van der Waals surface area contributed by atoms with E-state index in [1.165, 1.54) is 5.39 Å². The number of carbonyl (C=O) groups is 1. The number of benzene rings is 2. The highest BCUT2D eigenvalue weighted by atomic mass is 16.1. The number of Topliss-reactive ketones (excluding diaryl/α,β-unsaturated/α-hetero) is 1. The predicted octanol–water partition coefficient (Wildman–Crippen LogP) is 3.01. The van der Waals surface area contributed by atoms with Crippen LogP contribution in [0.1, 0.15) is 32.6 Å². The molecule has 0 aliphatic heterocycles. The topological polar surface area (TPSA) is 81.1 Å². The van der Waals surface area contributed by atoms with Gasteiger partial charge in [0.05, 0.1) is 17.6 Å². The SMILES string of the molecule is C[C@H](Nc1ccc2ccccc2c1)C(=O)C1CCCCC1(N)N. The van der Waals surface area contributed by atoms with Crippen LogP contribution in [-0.4, -0.2) is 17.5 Å². The molecule has 0 aromatic heterocycles. The number of rotatable bonds is 4. The number of nitrogens with two attached hydrogens (primary N) is 2. The third-order valence-corrected chi connectivity index (χ3v) is 4.90. The van der Waals surface area contributed by atoms with E-state index >= 15 is 0 Å². The molecule has 0 saturated heterocycles. The summed E-state index contributed by atoms with van der Waals surface area (Å²) in [5, 5.41) is 5.65. The molecule has 2 aromatic carbocycles. The first-order chi connectivity index (χ1) is 11.0. The van der Waals surface area contributed by atoms with Gasteiger partial charge in [-0.05, 0) is 42.7 Å². The summed E-state index contributed by atoms with van der Waals surface area (Å²) in [7, 11) is 0. The van der Waals surface area contributed by atoms with E-state index in [4.69, 9.17) is 11.5 Å². The summed E-state index contributed by atoms with van der Waals surface area (Å²) in [6, 6.07) is 14.0. The molecule has 1 unspecified atom stereocenters. The second-order valence-electron chi connectivity index (χ2n) is 6.74. The molecule has 4 heteroatoms. The highest BCUT2D eigenvalue weighted by Gasteiger charge is 2.39. The van der Waals surface area contributed by atoms with Crippen molar-refractivity contribution < 1.29 is 4.79 Å². The molecule has 4 nitrogen and oxygen atoms in total. The van der Waals surface area contributed by atoms with Crippen LogP contribution in [0.2, 0.25) is 0 Å². The Bertz CT molecular complexity index is 711. The molecule has 0 radical (unpaired) electrons. The molecule has 5 N–H and O–H groups in total. The Morgan fingerprint density at radius 1 is 1.17 bits per heavy atom. The molecule has 2 atom stereocenters. The summed E-state index contributed by atoms with van der Waals surface area (Å²) in [5.41, 5.74) is 12.4. The number of nitrogens with one attached hydrogen (secondary N) is 1. The van der Waals surface area contributed by atoms with E-state index in [-0.39, 0.29) is 17.7 Å². The van der Waals surface area contributed by atoms with Gasteiger partial charge in [-0.15, -0.1) is 0 Å². The number of carbonyl (C=O) groups excluding carboxylic acids is 1. The zero-order valence-corrected chi connectivity index (χ0v) is 13.6. The van der Waals surface area contributed by atoms with Crippen molar-refractivity contribution in [1.82, 2.24) is 0 Å². The third-order valence-electron chi connectivity index (χ3n) is 4.90. The standard InChI is InChI=1S/C19H25N3O/c1-13(18(23)17-8-4-5-11-19(17,20)21)22-16-10-9-14-6-2-3-7-15(14)12-16/h2-3,6-7,9-10,12-13,17,22H,4-5,8,11,20-21H2,1H3/t13-,17?/m0/s1. The van der Waals surface area contributed by atoms with Gasteiger partial charge in [-0.1, -0.05) is 43.2 Å². The Hall–Kier alpha value is -1.91. The molecule has 0 heterocycles. The zero-order chi connectivity index (χ0) is 16.4. The Labute approximate surface area is 137 Å². The van der Waals surface area contributed by atoms with E-state index in [9.17, 15) is 4.79 Å². The molecule has 3 rings (SSSR count). The molecule has 1 saturated carbocycles. The predicted molar refractivity (Wildman–Crippen MR) is 95.1 cm³/mol. The van der Waals surface area contributed by atoms with E-state index in [0.717, 1.165) is 30.3 Å². The van der Waals surface area contributed by atoms with Crippen LogP contribution in [-0.2, 0) is 4.79 Å². The van der Waals surface area contributed by atoms with E-state index < -0.39 is 5.66 Å². The second kappa shape index (κ2) is 6.30. The van der Waals surface area contributed by atoms with Crippen LogP contribution in [0.4, 0.5) is 5.69 Å². The lowest BCUT2D eigenvalue weighted by atomic mass is 9.76. The summed E-state index contributed by atoms with van der Waals surface area (Å²) in [6.45, 7) is 1.89. The van der Waals surface area contributed by atoms with E-state index in [1.807, 2.05) is 25.1 Å². The smallest absolute Gasteiger partial charge is 0.160 e. The fourth-order valence-electron chi connectivity index (χ4n) is 3.53. The van der Waals surface area contributed by atoms with Crippen molar-refractivity contribution in [2.24, 2.45) is 17.4 Å². The minimum atomic E-state index is -0.866. The minimum absolute atomic E-state index is 0.114. The second-order valence-corrected chi connectivity index (χ2v) is 6.74. The zero-order valence-electron chi connectivity index (χ0n) is 13.6. The van der Waals surface area contributed by atoms with Gasteiger partial charge in [-0.2, -0.15) is 0 Å². The maximum absolute atomic E-state index is 12.8. The van der Waals surface area contributed by atoms with Crippen molar-refractivity contribution in [2.45, 2.75) is 44.3 Å². The average molecular weight is 311 g/mol. The third kappa shape index (κ3) is 3.38. The maximum atomic E-state index is 12.8. The van der Waals surface area contributed by atoms with Gasteiger partial charge in [0.15, 0.2) is 5.78 Å². The van der Waals surface area contributed by atoms with Crippen LogP contribution >= 0.6 is 0 Å². The van der Waals surface area contributed by atoms with Crippen molar-refractivity contribution in [1.29, 1.82) is 0 Å². The molecule has 0 spiro atoms. The van der Waals surface area contributed by atoms with Gasteiger partial charge in [0, 0.05) is 5.69 Å². The van der Waals surface area contributed by atoms with Gasteiger partial charge in [0.1, 0.15) is 0 Å². The van der Waals surface area contributed by atoms with Crippen molar-refractivity contribution in [2.75, 3.05) is 5.32 Å². The van der Waals surface area contributed by atoms with Crippen LogP contribution < -0.4 is 16.8 Å². The summed E-state index contributed by atoms with van der Waals surface area (Å²) < 4.78 is 0. The lowest BCUT2D eigenvalue weighted by Crippen LogP contribution is -2.61. The molecular weight excluding hydrogens is 286 g/mol. The number of hydrogen-bond donors (Lipinski definition) is 3. The molecule has 0 bridgehead atoms. The van der Waals surface area contributed by atoms with Crippen LogP contribution in [0.25, 0.3) is 10.8 Å². The number of hydrogen-bond acceptors (Lipinski definition) is 4. The molecule has 1 aliphatic carbocycles. The summed E-state index contributed by atoms with van der Waals surface area (Å²) in [4.78, 5) is 12.8. The lowest BCUT2D eigenvalue weighted by Gasteiger charge is -2.38. The van der Waals surface area contributed by atoms with Crippen LogP contribution in [0, 0.1) is 5.92 Å². The highest BCUT2D eigenvalue weighted by molar-refractivity contribution is 5.91. The number of ketones is 1. The number of anilines is 1. The van der Waals surface area contributed by atoms with E-state index in [2.05, 4.69) is 29.6 Å². The molecule has 23 heavy (non-hydrogen) atoms. The first-order valence-corrected chi connectivity index (χ1v) is 8.34. The molecule has 1 fully saturated rings. The Morgan fingerprint density at radius 2 is 1.91 bits per heavy atom. The molecule has 0 amide bonds. The normalized spacial score (nSPS) is 21.8. The molecule has 122 valence electrons. The molecular formula is C19H25N3O. The van der Waals surface area contributed by atoms with Gasteiger partial charge in [-0.3, -0.25) is 4.79 Å². The summed E-state index contributed by atoms with van der Waals surface area (Å²) in [6.07, 6.45) is 3.53. The maximum Gasteiger partial charge on any atom is 0.160 e. The van der Waals surface area contributed by atoms with E-state index in [1.54, 1.807) is 0 Å². The average Bonchev–Trinajstić information content (AvgIpc) is 2.53. The van der Waals surface area contributed by atoms with Gasteiger partial charge in [0.2, 0.25) is 0 Å². The fraction of sp³-hybridized carbons (Fsp3) is 0.421. The Kier molecular flexibility index (Phi) is 4.37. The monoisotopic (exact) mass is 311 g/mol. The Morgan fingerprint density at radius 3 is 2.65 bits per heavy atom. The van der Waals surface area contributed by atoms with E-state index in [0.29, 0.717) is 6.42 Å². The fourth-order valence-corrected chi connectivity index (χ4v) is 3.53. The Balaban J connectivity index is 1.74. The summed E-state index contributed by atoms with van der Waals surface area (Å²) >= 11 is 0. The molecule has 1 aliphatic rings. The van der Waals surface area contributed by atoms with Gasteiger partial charge >= 0.3 is 0 Å². The van der Waals surface area contributed by atoms with Gasteiger partial charge in [-0.25, -0.2) is 0 Å². The van der Waals surface area contributed by atoms with Gasteiger partial charge < -0.3 is 16.8 Å². The van der Waals surface area contributed by atoms with Gasteiger partial charge in [0.25, 0.3) is 0 Å². The number of fused-ring (bicyclic) bond motifs is 1. The van der Waals surface area contributed by atoms with Crippen LogP contribution in [0.15, 0.2) is 42.5 Å². The highest BCUT2D eigenvalue weighted by Crippen LogP contribution is 2.30. The largest absolute Gasteiger partial charge is 0.375 e. The quantitative estimate of drug-likeness (QED) is 0.758. The van der Waals surface area contributed by atoms with Crippen molar-refractivity contribution in [3.8, 4) is 0 Å². The first kappa shape index (κ1) is 16.0. The first-order valence-electron chi connectivity index (χ1n) is 8.34. The van der Waals surface area contributed by atoms with Crippen LogP contribution in [0.5, 0.6) is 0 Å². The van der Waals surface area contributed by atoms with Crippen molar-refractivity contribution in [3.05, 3.63) is 42.5 Å². The lowest BCUT2D eigenvalue weighted by molar-refractivity contribution is -0.126. The van der Waals surface area contributed by atoms with Crippen LogP contribution in [0.3, 0.4) is 0 Å². The van der Waals surface area contributed by atoms with Crippen molar-refractivity contribution in [3.63, 3.8) is 0 Å². The molecule has 2 aromatic rings. The van der Waals surface area contributed by atoms with Crippen molar-refractivity contribution >= 4 is 22.2 Å². The summed E-state index contributed by atoms with van der Waals surface area (Å²) in [5.74, 6) is -0.151.